The van der Waals surface area contributed by atoms with Gasteiger partial charge in [0.05, 0.1) is 6.10 Å². The zero-order chi connectivity index (χ0) is 8.97. The summed E-state index contributed by atoms with van der Waals surface area (Å²) in [7, 11) is 0. The van der Waals surface area contributed by atoms with Crippen LogP contribution in [-0.4, -0.2) is 17.8 Å². The topological polar surface area (TPSA) is 29.5 Å². The summed E-state index contributed by atoms with van der Waals surface area (Å²) in [5.41, 5.74) is 1.16. The highest BCUT2D eigenvalue weighted by molar-refractivity contribution is 5.27. The van der Waals surface area contributed by atoms with E-state index in [4.69, 9.17) is 9.84 Å². The monoisotopic (exact) mass is 166 g/mol. The van der Waals surface area contributed by atoms with Crippen molar-refractivity contribution >= 4 is 0 Å². The van der Waals surface area contributed by atoms with Gasteiger partial charge in [-0.1, -0.05) is 12.1 Å². The average molecular weight is 166 g/mol. The minimum atomic E-state index is -0.412. The lowest BCUT2D eigenvalue weighted by Gasteiger charge is -2.07. The first kappa shape index (κ1) is 9.07. The van der Waals surface area contributed by atoms with Crippen molar-refractivity contribution < 1.29 is 9.84 Å². The van der Waals surface area contributed by atoms with Gasteiger partial charge >= 0.3 is 0 Å². The van der Waals surface area contributed by atoms with Crippen LogP contribution in [0.15, 0.2) is 24.3 Å². The number of aryl methyl sites for hydroxylation is 1. The maximum Gasteiger partial charge on any atom is 0.119 e. The molecule has 12 heavy (non-hydrogen) atoms. The van der Waals surface area contributed by atoms with Gasteiger partial charge in [0.15, 0.2) is 0 Å². The Hall–Kier alpha value is -1.02. The SMILES string of the molecule is Cc1cccc(OC[C@H](C)O)c1. The molecule has 0 aliphatic rings. The van der Waals surface area contributed by atoms with Crippen molar-refractivity contribution in [2.24, 2.45) is 0 Å². The van der Waals surface area contributed by atoms with E-state index in [2.05, 4.69) is 0 Å². The highest BCUT2D eigenvalue weighted by Gasteiger charge is 1.97. The molecule has 2 nitrogen and oxygen atoms in total. The minimum Gasteiger partial charge on any atom is -0.491 e. The molecule has 0 spiro atoms. The number of ether oxygens (including phenoxy) is 1. The third kappa shape index (κ3) is 2.93. The summed E-state index contributed by atoms with van der Waals surface area (Å²) in [6.07, 6.45) is -0.412. The molecular weight excluding hydrogens is 152 g/mol. The second kappa shape index (κ2) is 4.12. The molecule has 0 bridgehead atoms. The summed E-state index contributed by atoms with van der Waals surface area (Å²) >= 11 is 0. The first-order valence-corrected chi connectivity index (χ1v) is 4.06. The van der Waals surface area contributed by atoms with Gasteiger partial charge < -0.3 is 9.84 Å². The molecule has 0 unspecified atom stereocenters. The van der Waals surface area contributed by atoms with E-state index in [1.54, 1.807) is 6.92 Å². The first-order chi connectivity index (χ1) is 5.68. The maximum absolute atomic E-state index is 8.96. The van der Waals surface area contributed by atoms with Gasteiger partial charge in [0.25, 0.3) is 0 Å². The van der Waals surface area contributed by atoms with Gasteiger partial charge in [-0.3, -0.25) is 0 Å². The lowest BCUT2D eigenvalue weighted by molar-refractivity contribution is 0.122. The van der Waals surface area contributed by atoms with Gasteiger partial charge in [0.1, 0.15) is 12.4 Å². The summed E-state index contributed by atoms with van der Waals surface area (Å²) in [6, 6.07) is 7.78. The number of hydrogen-bond donors (Lipinski definition) is 1. The van der Waals surface area contributed by atoms with Crippen molar-refractivity contribution in [1.29, 1.82) is 0 Å². The third-order valence-corrected chi connectivity index (χ3v) is 1.48. The summed E-state index contributed by atoms with van der Waals surface area (Å²) in [4.78, 5) is 0. The molecule has 0 radical (unpaired) electrons. The van der Waals surface area contributed by atoms with Crippen molar-refractivity contribution in [2.75, 3.05) is 6.61 Å². The fourth-order valence-corrected chi connectivity index (χ4v) is 0.922. The Balaban J connectivity index is 2.52. The van der Waals surface area contributed by atoms with Gasteiger partial charge in [-0.05, 0) is 31.5 Å². The van der Waals surface area contributed by atoms with E-state index in [0.717, 1.165) is 11.3 Å². The zero-order valence-corrected chi connectivity index (χ0v) is 7.45. The largest absolute Gasteiger partial charge is 0.491 e. The summed E-state index contributed by atoms with van der Waals surface area (Å²) < 4.78 is 5.30. The molecule has 1 aromatic rings. The predicted molar refractivity (Wildman–Crippen MR) is 48.4 cm³/mol. The lowest BCUT2D eigenvalue weighted by atomic mass is 10.2. The Kier molecular flexibility index (Phi) is 3.11. The van der Waals surface area contributed by atoms with Crippen LogP contribution < -0.4 is 4.74 Å². The highest BCUT2D eigenvalue weighted by atomic mass is 16.5. The molecule has 0 aliphatic carbocycles. The van der Waals surface area contributed by atoms with Crippen LogP contribution in [0.4, 0.5) is 0 Å². The quantitative estimate of drug-likeness (QED) is 0.741. The Morgan fingerprint density at radius 3 is 2.83 bits per heavy atom. The van der Waals surface area contributed by atoms with E-state index >= 15 is 0 Å². The van der Waals surface area contributed by atoms with Gasteiger partial charge in [0.2, 0.25) is 0 Å². The van der Waals surface area contributed by atoms with Crippen LogP contribution in [0.25, 0.3) is 0 Å². The molecule has 2 heteroatoms. The summed E-state index contributed by atoms with van der Waals surface area (Å²) in [5.74, 6) is 0.816. The van der Waals surface area contributed by atoms with Crippen LogP contribution in [0.1, 0.15) is 12.5 Å². The molecule has 0 aromatic heterocycles. The third-order valence-electron chi connectivity index (χ3n) is 1.48. The summed E-state index contributed by atoms with van der Waals surface area (Å²) in [5, 5.41) is 8.96. The second-order valence-corrected chi connectivity index (χ2v) is 2.98. The second-order valence-electron chi connectivity index (χ2n) is 2.98. The van der Waals surface area contributed by atoms with Gasteiger partial charge in [-0.25, -0.2) is 0 Å². The predicted octanol–water partition coefficient (Wildman–Crippen LogP) is 1.75. The van der Waals surface area contributed by atoms with E-state index in [1.165, 1.54) is 0 Å². The van der Waals surface area contributed by atoms with Crippen LogP contribution in [0, 0.1) is 6.92 Å². The smallest absolute Gasteiger partial charge is 0.119 e. The fourth-order valence-electron chi connectivity index (χ4n) is 0.922. The molecule has 0 amide bonds. The van der Waals surface area contributed by atoms with Gasteiger partial charge in [-0.2, -0.15) is 0 Å². The van der Waals surface area contributed by atoms with Crippen molar-refractivity contribution in [3.05, 3.63) is 29.8 Å². The number of aliphatic hydroxyl groups excluding tert-OH is 1. The molecule has 1 atom stereocenters. The Labute approximate surface area is 72.8 Å². The van der Waals surface area contributed by atoms with Crippen molar-refractivity contribution in [2.45, 2.75) is 20.0 Å². The van der Waals surface area contributed by atoms with Crippen molar-refractivity contribution in [3.8, 4) is 5.75 Å². The molecular formula is C10H14O2. The van der Waals surface area contributed by atoms with Crippen LogP contribution in [0.5, 0.6) is 5.75 Å². The number of benzene rings is 1. The van der Waals surface area contributed by atoms with Crippen LogP contribution in [0.2, 0.25) is 0 Å². The molecule has 1 N–H and O–H groups in total. The van der Waals surface area contributed by atoms with Gasteiger partial charge in [0, 0.05) is 0 Å². The summed E-state index contributed by atoms with van der Waals surface area (Å²) in [6.45, 7) is 4.06. The molecule has 66 valence electrons. The number of hydrogen-bond acceptors (Lipinski definition) is 2. The first-order valence-electron chi connectivity index (χ1n) is 4.06. The van der Waals surface area contributed by atoms with E-state index in [9.17, 15) is 0 Å². The van der Waals surface area contributed by atoms with E-state index in [1.807, 2.05) is 31.2 Å². The molecule has 0 fully saturated rings. The van der Waals surface area contributed by atoms with E-state index in [-0.39, 0.29) is 0 Å². The molecule has 0 saturated carbocycles. The van der Waals surface area contributed by atoms with Crippen LogP contribution >= 0.6 is 0 Å². The highest BCUT2D eigenvalue weighted by Crippen LogP contribution is 2.12. The van der Waals surface area contributed by atoms with E-state index in [0.29, 0.717) is 6.61 Å². The van der Waals surface area contributed by atoms with Crippen LogP contribution in [0.3, 0.4) is 0 Å². The molecule has 1 rings (SSSR count). The Bertz CT molecular complexity index is 243. The lowest BCUT2D eigenvalue weighted by Crippen LogP contribution is -2.12. The maximum atomic E-state index is 8.96. The molecule has 0 aliphatic heterocycles. The average Bonchev–Trinajstić information content (AvgIpc) is 2.01. The van der Waals surface area contributed by atoms with Crippen LogP contribution in [-0.2, 0) is 0 Å². The number of aliphatic hydroxyl groups is 1. The Morgan fingerprint density at radius 2 is 2.25 bits per heavy atom. The van der Waals surface area contributed by atoms with Crippen molar-refractivity contribution in [3.63, 3.8) is 0 Å². The number of rotatable bonds is 3. The van der Waals surface area contributed by atoms with Crippen molar-refractivity contribution in [1.82, 2.24) is 0 Å². The molecule has 0 heterocycles. The zero-order valence-electron chi connectivity index (χ0n) is 7.45. The van der Waals surface area contributed by atoms with E-state index < -0.39 is 6.10 Å². The minimum absolute atomic E-state index is 0.351. The standard InChI is InChI=1S/C10H14O2/c1-8-4-3-5-10(6-8)12-7-9(2)11/h3-6,9,11H,7H2,1-2H3/t9-/m0/s1. The molecule has 1 aromatic carbocycles. The normalized spacial score (nSPS) is 12.6. The fraction of sp³-hybridized carbons (Fsp3) is 0.400. The van der Waals surface area contributed by atoms with Gasteiger partial charge in [-0.15, -0.1) is 0 Å². The Morgan fingerprint density at radius 1 is 1.50 bits per heavy atom. The molecule has 0 saturated heterocycles.